The first kappa shape index (κ1) is 13.7. The molecule has 17 heavy (non-hydrogen) atoms. The number of aromatic nitrogens is 1. The predicted molar refractivity (Wildman–Crippen MR) is 69.9 cm³/mol. The second kappa shape index (κ2) is 7.82. The normalized spacial score (nSPS) is 10.5. The molecule has 1 aromatic heterocycles. The molecule has 0 radical (unpaired) electrons. The zero-order valence-electron chi connectivity index (χ0n) is 10.8. The van der Waals surface area contributed by atoms with Crippen LogP contribution in [0.4, 0.5) is 0 Å². The van der Waals surface area contributed by atoms with Crippen LogP contribution in [0, 0.1) is 5.92 Å². The Labute approximate surface area is 104 Å². The highest BCUT2D eigenvalue weighted by molar-refractivity contribution is 5.93. The lowest BCUT2D eigenvalue weighted by molar-refractivity contribution is 0.0952. The molecule has 0 unspecified atom stereocenters. The number of nitrogens with one attached hydrogen (secondary N) is 1. The number of nitrogens with zero attached hydrogens (tertiary/aromatic N) is 1. The maximum atomic E-state index is 11.6. The van der Waals surface area contributed by atoms with Crippen molar-refractivity contribution in [2.75, 3.05) is 6.54 Å². The number of unbranched alkanes of at least 4 members (excludes halogenated alkanes) is 2. The van der Waals surface area contributed by atoms with Gasteiger partial charge in [0, 0.05) is 18.9 Å². The molecule has 0 bridgehead atoms. The number of hydrogen-bond acceptors (Lipinski definition) is 2. The molecule has 1 heterocycles. The molecule has 0 aliphatic carbocycles. The van der Waals surface area contributed by atoms with Gasteiger partial charge in [-0.3, -0.25) is 9.78 Å². The van der Waals surface area contributed by atoms with E-state index in [4.69, 9.17) is 0 Å². The van der Waals surface area contributed by atoms with E-state index in [-0.39, 0.29) is 5.91 Å². The fourth-order valence-electron chi connectivity index (χ4n) is 1.66. The average Bonchev–Trinajstić information content (AvgIpc) is 2.34. The summed E-state index contributed by atoms with van der Waals surface area (Å²) in [5.41, 5.74) is 0.634. The van der Waals surface area contributed by atoms with E-state index in [1.165, 1.54) is 19.3 Å². The topological polar surface area (TPSA) is 42.0 Å². The second-order valence-corrected chi connectivity index (χ2v) is 4.74. The Morgan fingerprint density at radius 2 is 2.18 bits per heavy atom. The molecule has 0 fully saturated rings. The molecular weight excluding hydrogens is 212 g/mol. The third kappa shape index (κ3) is 6.05. The van der Waals surface area contributed by atoms with Gasteiger partial charge in [0.15, 0.2) is 0 Å². The van der Waals surface area contributed by atoms with Gasteiger partial charge in [-0.15, -0.1) is 0 Å². The highest BCUT2D eigenvalue weighted by Crippen LogP contribution is 2.07. The number of amides is 1. The second-order valence-electron chi connectivity index (χ2n) is 4.74. The predicted octanol–water partition coefficient (Wildman–Crippen LogP) is 3.03. The van der Waals surface area contributed by atoms with Crippen molar-refractivity contribution in [2.24, 2.45) is 5.92 Å². The molecule has 0 saturated heterocycles. The minimum atomic E-state index is -0.0260. The zero-order chi connectivity index (χ0) is 12.5. The third-order valence-corrected chi connectivity index (χ3v) is 2.67. The highest BCUT2D eigenvalue weighted by Gasteiger charge is 2.03. The molecular formula is C14H22N2O. The van der Waals surface area contributed by atoms with Crippen molar-refractivity contribution in [2.45, 2.75) is 39.5 Å². The zero-order valence-corrected chi connectivity index (χ0v) is 10.8. The van der Waals surface area contributed by atoms with Crippen molar-refractivity contribution in [3.05, 3.63) is 30.1 Å². The summed E-state index contributed by atoms with van der Waals surface area (Å²) in [7, 11) is 0. The number of pyridine rings is 1. The van der Waals surface area contributed by atoms with E-state index < -0.39 is 0 Å². The summed E-state index contributed by atoms with van der Waals surface area (Å²) >= 11 is 0. The van der Waals surface area contributed by atoms with Crippen LogP contribution in [-0.4, -0.2) is 17.4 Å². The Bertz CT molecular complexity index is 322. The SMILES string of the molecule is CC(C)CCCCCNC(=O)c1cccnc1. The smallest absolute Gasteiger partial charge is 0.252 e. The van der Waals surface area contributed by atoms with E-state index in [9.17, 15) is 4.79 Å². The standard InChI is InChI=1S/C14H22N2O/c1-12(2)7-4-3-5-10-16-14(17)13-8-6-9-15-11-13/h6,8-9,11-12H,3-5,7,10H2,1-2H3,(H,16,17). The van der Waals surface area contributed by atoms with Gasteiger partial charge < -0.3 is 5.32 Å². The summed E-state index contributed by atoms with van der Waals surface area (Å²) in [5, 5.41) is 2.91. The third-order valence-electron chi connectivity index (χ3n) is 2.67. The number of carbonyl (C=O) groups is 1. The summed E-state index contributed by atoms with van der Waals surface area (Å²) < 4.78 is 0. The molecule has 1 amide bonds. The lowest BCUT2D eigenvalue weighted by atomic mass is 10.1. The van der Waals surface area contributed by atoms with Crippen molar-refractivity contribution >= 4 is 5.91 Å². The fourth-order valence-corrected chi connectivity index (χ4v) is 1.66. The molecule has 1 N–H and O–H groups in total. The van der Waals surface area contributed by atoms with Crippen LogP contribution in [0.25, 0.3) is 0 Å². The van der Waals surface area contributed by atoms with Gasteiger partial charge in [-0.2, -0.15) is 0 Å². The molecule has 0 spiro atoms. The van der Waals surface area contributed by atoms with Crippen molar-refractivity contribution in [1.82, 2.24) is 10.3 Å². The van der Waals surface area contributed by atoms with Gasteiger partial charge in [0.05, 0.1) is 5.56 Å². The van der Waals surface area contributed by atoms with Crippen LogP contribution >= 0.6 is 0 Å². The Hall–Kier alpha value is -1.38. The van der Waals surface area contributed by atoms with Crippen LogP contribution in [0.5, 0.6) is 0 Å². The summed E-state index contributed by atoms with van der Waals surface area (Å²) in [6, 6.07) is 3.55. The van der Waals surface area contributed by atoms with Gasteiger partial charge in [-0.1, -0.05) is 33.1 Å². The van der Waals surface area contributed by atoms with E-state index in [0.29, 0.717) is 5.56 Å². The Morgan fingerprint density at radius 3 is 2.82 bits per heavy atom. The number of carbonyl (C=O) groups excluding carboxylic acids is 1. The quantitative estimate of drug-likeness (QED) is 0.737. The summed E-state index contributed by atoms with van der Waals surface area (Å²) in [4.78, 5) is 15.6. The molecule has 0 aliphatic rings. The lowest BCUT2D eigenvalue weighted by Crippen LogP contribution is -2.24. The molecule has 0 aromatic carbocycles. The molecule has 1 aromatic rings. The summed E-state index contributed by atoms with van der Waals surface area (Å²) in [6.07, 6.45) is 8.03. The monoisotopic (exact) mass is 234 g/mol. The van der Waals surface area contributed by atoms with Gasteiger partial charge in [-0.25, -0.2) is 0 Å². The number of hydrogen-bond donors (Lipinski definition) is 1. The van der Waals surface area contributed by atoms with E-state index in [2.05, 4.69) is 24.1 Å². The van der Waals surface area contributed by atoms with Crippen molar-refractivity contribution in [3.63, 3.8) is 0 Å². The van der Waals surface area contributed by atoms with Gasteiger partial charge in [0.25, 0.3) is 5.91 Å². The minimum absolute atomic E-state index is 0.0260. The number of rotatable bonds is 7. The Kier molecular flexibility index (Phi) is 6.30. The maximum absolute atomic E-state index is 11.6. The lowest BCUT2D eigenvalue weighted by Gasteiger charge is -2.06. The van der Waals surface area contributed by atoms with Crippen LogP contribution in [0.3, 0.4) is 0 Å². The van der Waals surface area contributed by atoms with E-state index in [1.807, 2.05) is 0 Å². The van der Waals surface area contributed by atoms with E-state index >= 15 is 0 Å². The average molecular weight is 234 g/mol. The largest absolute Gasteiger partial charge is 0.352 e. The van der Waals surface area contributed by atoms with Gasteiger partial charge in [0.2, 0.25) is 0 Å². The van der Waals surface area contributed by atoms with Gasteiger partial charge in [0.1, 0.15) is 0 Å². The summed E-state index contributed by atoms with van der Waals surface area (Å²) in [6.45, 7) is 5.24. The highest BCUT2D eigenvalue weighted by atomic mass is 16.1. The van der Waals surface area contributed by atoms with Crippen molar-refractivity contribution < 1.29 is 4.79 Å². The van der Waals surface area contributed by atoms with Gasteiger partial charge >= 0.3 is 0 Å². The molecule has 3 nitrogen and oxygen atoms in total. The van der Waals surface area contributed by atoms with E-state index in [0.717, 1.165) is 18.9 Å². The maximum Gasteiger partial charge on any atom is 0.252 e. The van der Waals surface area contributed by atoms with Crippen molar-refractivity contribution in [3.8, 4) is 0 Å². The minimum Gasteiger partial charge on any atom is -0.352 e. The molecule has 3 heteroatoms. The van der Waals surface area contributed by atoms with Crippen LogP contribution in [0.1, 0.15) is 49.9 Å². The Morgan fingerprint density at radius 1 is 1.35 bits per heavy atom. The molecule has 1 rings (SSSR count). The molecule has 0 saturated carbocycles. The van der Waals surface area contributed by atoms with E-state index in [1.54, 1.807) is 24.5 Å². The van der Waals surface area contributed by atoms with Crippen LogP contribution < -0.4 is 5.32 Å². The molecule has 0 atom stereocenters. The van der Waals surface area contributed by atoms with Gasteiger partial charge in [-0.05, 0) is 24.5 Å². The summed E-state index contributed by atoms with van der Waals surface area (Å²) in [5.74, 6) is 0.752. The van der Waals surface area contributed by atoms with Crippen LogP contribution in [-0.2, 0) is 0 Å². The van der Waals surface area contributed by atoms with Crippen molar-refractivity contribution in [1.29, 1.82) is 0 Å². The first-order valence-electron chi connectivity index (χ1n) is 6.38. The fraction of sp³-hybridized carbons (Fsp3) is 0.571. The first-order chi connectivity index (χ1) is 8.20. The Balaban J connectivity index is 2.09. The molecule has 94 valence electrons. The first-order valence-corrected chi connectivity index (χ1v) is 6.38. The molecule has 0 aliphatic heterocycles. The van der Waals surface area contributed by atoms with Crippen LogP contribution in [0.2, 0.25) is 0 Å². The van der Waals surface area contributed by atoms with Crippen LogP contribution in [0.15, 0.2) is 24.5 Å².